The molecule has 5 nitrogen and oxygen atoms in total. The van der Waals surface area contributed by atoms with E-state index in [0.29, 0.717) is 11.5 Å². The molecule has 1 aliphatic rings. The van der Waals surface area contributed by atoms with Crippen LogP contribution in [0.3, 0.4) is 0 Å². The first-order valence-corrected chi connectivity index (χ1v) is 5.11. The minimum atomic E-state index is -0.178. The van der Waals surface area contributed by atoms with E-state index in [0.717, 1.165) is 18.9 Å². The molecule has 0 bridgehead atoms. The van der Waals surface area contributed by atoms with Crippen molar-refractivity contribution in [3.8, 4) is 0 Å². The number of nitrogen functional groups attached to an aromatic ring is 1. The van der Waals surface area contributed by atoms with Crippen LogP contribution in [-0.2, 0) is 0 Å². The molecule has 1 aromatic heterocycles. The number of anilines is 1. The number of carbonyl (C=O) groups is 1. The van der Waals surface area contributed by atoms with Crippen molar-refractivity contribution < 1.29 is 4.79 Å². The van der Waals surface area contributed by atoms with Gasteiger partial charge in [0.25, 0.3) is 5.91 Å². The first kappa shape index (κ1) is 9.89. The Kier molecular flexibility index (Phi) is 2.80. The summed E-state index contributed by atoms with van der Waals surface area (Å²) in [6.07, 6.45) is 6.45. The van der Waals surface area contributed by atoms with Crippen molar-refractivity contribution in [1.29, 1.82) is 0 Å². The summed E-state index contributed by atoms with van der Waals surface area (Å²) in [6.45, 7) is 0.718. The minimum absolute atomic E-state index is 0.178. The van der Waals surface area contributed by atoms with Crippen molar-refractivity contribution in [2.24, 2.45) is 5.92 Å². The standard InChI is InChI=1S/C10H14N4O/c11-9-6-13-8(5-14-9)10(15)12-4-3-7-1-2-7/h5-7H,1-4H2,(H2,11,14)(H,12,15). The SMILES string of the molecule is Nc1cnc(C(=O)NCCC2CC2)cn1. The summed E-state index contributed by atoms with van der Waals surface area (Å²) in [5.41, 5.74) is 5.69. The van der Waals surface area contributed by atoms with Crippen molar-refractivity contribution in [1.82, 2.24) is 15.3 Å². The van der Waals surface area contributed by atoms with Crippen LogP contribution < -0.4 is 11.1 Å². The lowest BCUT2D eigenvalue weighted by molar-refractivity contribution is 0.0947. The molecule has 1 heterocycles. The zero-order chi connectivity index (χ0) is 10.7. The van der Waals surface area contributed by atoms with E-state index >= 15 is 0 Å². The number of hydrogen-bond acceptors (Lipinski definition) is 4. The van der Waals surface area contributed by atoms with Crippen LogP contribution in [0.2, 0.25) is 0 Å². The number of nitrogens with one attached hydrogen (secondary N) is 1. The van der Waals surface area contributed by atoms with Gasteiger partial charge in [0.05, 0.1) is 12.4 Å². The monoisotopic (exact) mass is 206 g/mol. The van der Waals surface area contributed by atoms with Gasteiger partial charge in [0.1, 0.15) is 11.5 Å². The van der Waals surface area contributed by atoms with Gasteiger partial charge in [0.15, 0.2) is 0 Å². The molecule has 15 heavy (non-hydrogen) atoms. The van der Waals surface area contributed by atoms with E-state index in [1.165, 1.54) is 25.2 Å². The minimum Gasteiger partial charge on any atom is -0.382 e. The lowest BCUT2D eigenvalue weighted by Gasteiger charge is -2.03. The van der Waals surface area contributed by atoms with Crippen molar-refractivity contribution in [2.45, 2.75) is 19.3 Å². The third-order valence-corrected chi connectivity index (χ3v) is 2.44. The molecule has 80 valence electrons. The van der Waals surface area contributed by atoms with Crippen LogP contribution in [0.25, 0.3) is 0 Å². The Balaban J connectivity index is 1.81. The van der Waals surface area contributed by atoms with Gasteiger partial charge in [-0.3, -0.25) is 4.79 Å². The highest BCUT2D eigenvalue weighted by atomic mass is 16.1. The highest BCUT2D eigenvalue weighted by Gasteiger charge is 2.20. The molecule has 0 aromatic carbocycles. The smallest absolute Gasteiger partial charge is 0.271 e. The van der Waals surface area contributed by atoms with Gasteiger partial charge in [-0.15, -0.1) is 0 Å². The van der Waals surface area contributed by atoms with E-state index in [1.807, 2.05) is 0 Å². The molecule has 1 amide bonds. The zero-order valence-electron chi connectivity index (χ0n) is 8.44. The van der Waals surface area contributed by atoms with Gasteiger partial charge < -0.3 is 11.1 Å². The maximum atomic E-state index is 11.5. The van der Waals surface area contributed by atoms with Crippen LogP contribution in [0.15, 0.2) is 12.4 Å². The summed E-state index contributed by atoms with van der Waals surface area (Å²) in [7, 11) is 0. The summed E-state index contributed by atoms with van der Waals surface area (Å²) in [4.78, 5) is 19.2. The second-order valence-corrected chi connectivity index (χ2v) is 3.81. The van der Waals surface area contributed by atoms with Crippen LogP contribution in [0, 0.1) is 5.92 Å². The van der Waals surface area contributed by atoms with Gasteiger partial charge in [0, 0.05) is 6.54 Å². The molecule has 3 N–H and O–H groups in total. The largest absolute Gasteiger partial charge is 0.382 e. The average molecular weight is 206 g/mol. The third-order valence-electron chi connectivity index (χ3n) is 2.44. The van der Waals surface area contributed by atoms with Gasteiger partial charge >= 0.3 is 0 Å². The number of nitrogens with two attached hydrogens (primary N) is 1. The highest BCUT2D eigenvalue weighted by Crippen LogP contribution is 2.31. The van der Waals surface area contributed by atoms with Crippen molar-refractivity contribution >= 4 is 11.7 Å². The fourth-order valence-electron chi connectivity index (χ4n) is 1.34. The molecule has 1 saturated carbocycles. The Hall–Kier alpha value is -1.65. The second kappa shape index (κ2) is 4.25. The van der Waals surface area contributed by atoms with E-state index in [2.05, 4.69) is 15.3 Å². The van der Waals surface area contributed by atoms with Crippen LogP contribution >= 0.6 is 0 Å². The van der Waals surface area contributed by atoms with E-state index in [9.17, 15) is 4.79 Å². The van der Waals surface area contributed by atoms with Crippen molar-refractivity contribution in [3.05, 3.63) is 18.1 Å². The molecule has 1 fully saturated rings. The summed E-state index contributed by atoms with van der Waals surface area (Å²) < 4.78 is 0. The second-order valence-electron chi connectivity index (χ2n) is 3.81. The lowest BCUT2D eigenvalue weighted by Crippen LogP contribution is -2.25. The fraction of sp³-hybridized carbons (Fsp3) is 0.500. The Bertz CT molecular complexity index is 345. The van der Waals surface area contributed by atoms with Gasteiger partial charge in [0.2, 0.25) is 0 Å². The normalized spacial score (nSPS) is 14.9. The maximum absolute atomic E-state index is 11.5. The molecule has 0 unspecified atom stereocenters. The number of aromatic nitrogens is 2. The molecular weight excluding hydrogens is 192 g/mol. The van der Waals surface area contributed by atoms with Crippen LogP contribution in [0.5, 0.6) is 0 Å². The molecular formula is C10H14N4O. The van der Waals surface area contributed by atoms with Gasteiger partial charge in [-0.1, -0.05) is 12.8 Å². The molecule has 0 atom stereocenters. The van der Waals surface area contributed by atoms with Gasteiger partial charge in [-0.2, -0.15) is 0 Å². The topological polar surface area (TPSA) is 80.9 Å². The number of rotatable bonds is 4. The van der Waals surface area contributed by atoms with Crippen LogP contribution in [-0.4, -0.2) is 22.4 Å². The number of carbonyl (C=O) groups excluding carboxylic acids is 1. The Morgan fingerprint density at radius 3 is 2.87 bits per heavy atom. The van der Waals surface area contributed by atoms with E-state index in [1.54, 1.807) is 0 Å². The lowest BCUT2D eigenvalue weighted by atomic mass is 10.3. The molecule has 1 aliphatic carbocycles. The van der Waals surface area contributed by atoms with Gasteiger partial charge in [-0.25, -0.2) is 9.97 Å². The molecule has 2 rings (SSSR count). The maximum Gasteiger partial charge on any atom is 0.271 e. The van der Waals surface area contributed by atoms with Crippen molar-refractivity contribution in [3.63, 3.8) is 0 Å². The van der Waals surface area contributed by atoms with Crippen LogP contribution in [0.4, 0.5) is 5.82 Å². The van der Waals surface area contributed by atoms with E-state index in [4.69, 9.17) is 5.73 Å². The Morgan fingerprint density at radius 2 is 2.27 bits per heavy atom. The predicted molar refractivity (Wildman–Crippen MR) is 56.1 cm³/mol. The summed E-state index contributed by atoms with van der Waals surface area (Å²) in [5, 5.41) is 2.81. The highest BCUT2D eigenvalue weighted by molar-refractivity contribution is 5.91. The molecule has 0 aliphatic heterocycles. The molecule has 5 heteroatoms. The van der Waals surface area contributed by atoms with E-state index < -0.39 is 0 Å². The average Bonchev–Trinajstić information content (AvgIpc) is 3.02. The third kappa shape index (κ3) is 2.90. The van der Waals surface area contributed by atoms with E-state index in [-0.39, 0.29) is 5.91 Å². The molecule has 1 aromatic rings. The first-order chi connectivity index (χ1) is 7.25. The van der Waals surface area contributed by atoms with Crippen LogP contribution in [0.1, 0.15) is 29.8 Å². The molecule has 0 radical (unpaired) electrons. The zero-order valence-corrected chi connectivity index (χ0v) is 8.44. The fourth-order valence-corrected chi connectivity index (χ4v) is 1.34. The van der Waals surface area contributed by atoms with Gasteiger partial charge in [-0.05, 0) is 12.3 Å². The number of hydrogen-bond donors (Lipinski definition) is 2. The summed E-state index contributed by atoms with van der Waals surface area (Å²) in [6, 6.07) is 0. The molecule has 0 spiro atoms. The summed E-state index contributed by atoms with van der Waals surface area (Å²) >= 11 is 0. The molecule has 0 saturated heterocycles. The number of amides is 1. The Labute approximate surface area is 88.1 Å². The first-order valence-electron chi connectivity index (χ1n) is 5.11. The predicted octanol–water partition coefficient (Wildman–Crippen LogP) is 0.589. The Morgan fingerprint density at radius 1 is 1.47 bits per heavy atom. The summed E-state index contributed by atoms with van der Waals surface area (Å²) in [5.74, 6) is 0.968. The van der Waals surface area contributed by atoms with Crippen molar-refractivity contribution in [2.75, 3.05) is 12.3 Å². The number of nitrogens with zero attached hydrogens (tertiary/aromatic N) is 2. The quantitative estimate of drug-likeness (QED) is 0.755.